The van der Waals surface area contributed by atoms with E-state index < -0.39 is 45.4 Å². The van der Waals surface area contributed by atoms with Gasteiger partial charge in [-0.3, -0.25) is 9.78 Å². The van der Waals surface area contributed by atoms with Gasteiger partial charge in [0.05, 0.1) is 32.9 Å². The fraction of sp³-hybridized carbons (Fsp3) is 0.286. The van der Waals surface area contributed by atoms with Crippen LogP contribution in [0, 0.1) is 5.82 Å². The molecule has 210 valence electrons. The number of halogens is 2. The third-order valence-electron chi connectivity index (χ3n) is 6.33. The van der Waals surface area contributed by atoms with E-state index in [4.69, 9.17) is 16.7 Å². The largest absolute Gasteiger partial charge is 0.389 e. The summed E-state index contributed by atoms with van der Waals surface area (Å²) in [6.07, 6.45) is 4.33. The van der Waals surface area contributed by atoms with Gasteiger partial charge in [0.15, 0.2) is 21.4 Å². The molecule has 0 saturated carbocycles. The standard InChI is InChI=1S/C28H28ClFN4O5S/c1-16(21-11-20(5-6-24(21)30)40(38,39)9-8-19(36)15-35)34-26-22-10-17(4-7-25(22)31-14-23(26)29)18-12-32-27(33-13-18)28(2,3)37/h4-7,10-14,16,35,37H,8-9,15H2,1-3H3,(H,31,34)/t16-/m1/s1. The molecule has 0 bridgehead atoms. The Bertz CT molecular complexity index is 1680. The van der Waals surface area contributed by atoms with Crippen molar-refractivity contribution in [1.82, 2.24) is 15.0 Å². The summed E-state index contributed by atoms with van der Waals surface area (Å²) in [5.74, 6) is -1.43. The van der Waals surface area contributed by atoms with Crippen LogP contribution in [0.5, 0.6) is 0 Å². The van der Waals surface area contributed by atoms with E-state index in [-0.39, 0.29) is 27.7 Å². The highest BCUT2D eigenvalue weighted by atomic mass is 35.5. The van der Waals surface area contributed by atoms with Crippen LogP contribution in [0.25, 0.3) is 22.0 Å². The van der Waals surface area contributed by atoms with Gasteiger partial charge < -0.3 is 15.5 Å². The second-order valence-corrected chi connectivity index (χ2v) is 12.4. The Morgan fingerprint density at radius 1 is 1.07 bits per heavy atom. The lowest BCUT2D eigenvalue weighted by Gasteiger charge is -2.20. The number of Topliss-reactive ketones (excluding diaryl/α,β-unsaturated/α-hetero) is 1. The minimum absolute atomic E-state index is 0.0855. The summed E-state index contributed by atoms with van der Waals surface area (Å²) in [5, 5.41) is 23.1. The summed E-state index contributed by atoms with van der Waals surface area (Å²) in [7, 11) is -3.89. The molecule has 0 unspecified atom stereocenters. The third-order valence-corrected chi connectivity index (χ3v) is 8.33. The third kappa shape index (κ3) is 6.44. The Balaban J connectivity index is 1.68. The van der Waals surface area contributed by atoms with E-state index in [2.05, 4.69) is 20.3 Å². The van der Waals surface area contributed by atoms with Gasteiger partial charge in [-0.05, 0) is 56.7 Å². The molecule has 0 aliphatic carbocycles. The fourth-order valence-corrected chi connectivity index (χ4v) is 5.59. The zero-order chi connectivity index (χ0) is 29.2. The van der Waals surface area contributed by atoms with Crippen molar-refractivity contribution in [2.45, 2.75) is 43.7 Å². The smallest absolute Gasteiger partial charge is 0.178 e. The molecule has 12 heteroatoms. The molecule has 40 heavy (non-hydrogen) atoms. The van der Waals surface area contributed by atoms with Gasteiger partial charge >= 0.3 is 0 Å². The minimum atomic E-state index is -3.89. The number of ketones is 1. The topological polar surface area (TPSA) is 142 Å². The Kier molecular flexibility index (Phi) is 8.50. The van der Waals surface area contributed by atoms with Gasteiger partial charge in [-0.2, -0.15) is 0 Å². The van der Waals surface area contributed by atoms with Crippen LogP contribution in [0.3, 0.4) is 0 Å². The number of hydrogen-bond donors (Lipinski definition) is 3. The molecule has 9 nitrogen and oxygen atoms in total. The van der Waals surface area contributed by atoms with Crippen LogP contribution in [-0.4, -0.2) is 51.7 Å². The van der Waals surface area contributed by atoms with E-state index in [0.717, 1.165) is 17.7 Å². The van der Waals surface area contributed by atoms with Crippen LogP contribution in [0.15, 0.2) is 59.9 Å². The monoisotopic (exact) mass is 586 g/mol. The lowest BCUT2D eigenvalue weighted by atomic mass is 10.0. The number of nitrogens with one attached hydrogen (secondary N) is 1. The molecule has 4 aromatic rings. The normalized spacial score (nSPS) is 12.9. The van der Waals surface area contributed by atoms with Gasteiger partial charge in [0.2, 0.25) is 0 Å². The number of anilines is 1. The lowest BCUT2D eigenvalue weighted by Crippen LogP contribution is -2.19. The van der Waals surface area contributed by atoms with Crippen LogP contribution < -0.4 is 5.32 Å². The van der Waals surface area contributed by atoms with Gasteiger partial charge in [0.25, 0.3) is 0 Å². The first-order chi connectivity index (χ1) is 18.8. The summed E-state index contributed by atoms with van der Waals surface area (Å²) < 4.78 is 40.4. The van der Waals surface area contributed by atoms with Crippen molar-refractivity contribution >= 4 is 43.8 Å². The molecule has 1 atom stereocenters. The van der Waals surface area contributed by atoms with E-state index in [1.807, 2.05) is 12.1 Å². The lowest BCUT2D eigenvalue weighted by molar-refractivity contribution is -0.121. The molecular weight excluding hydrogens is 559 g/mol. The Morgan fingerprint density at radius 2 is 1.77 bits per heavy atom. The highest BCUT2D eigenvalue weighted by molar-refractivity contribution is 7.91. The first kappa shape index (κ1) is 29.5. The fourth-order valence-electron chi connectivity index (χ4n) is 4.07. The number of pyridine rings is 1. The number of aliphatic hydroxyl groups is 2. The predicted octanol–water partition coefficient (Wildman–Crippen LogP) is 4.61. The quantitative estimate of drug-likeness (QED) is 0.227. The second-order valence-electron chi connectivity index (χ2n) is 9.88. The molecule has 2 aromatic heterocycles. The number of hydrogen-bond acceptors (Lipinski definition) is 9. The number of carbonyl (C=O) groups is 1. The van der Waals surface area contributed by atoms with Crippen molar-refractivity contribution in [3.8, 4) is 11.1 Å². The molecular formula is C28H28ClFN4O5S. The van der Waals surface area contributed by atoms with Crippen molar-refractivity contribution in [2.24, 2.45) is 0 Å². The highest BCUT2D eigenvalue weighted by Crippen LogP contribution is 2.36. The number of rotatable bonds is 10. The molecule has 2 heterocycles. The Morgan fingerprint density at radius 3 is 2.42 bits per heavy atom. The number of benzene rings is 2. The maximum Gasteiger partial charge on any atom is 0.178 e. The van der Waals surface area contributed by atoms with Crippen LogP contribution in [0.2, 0.25) is 5.02 Å². The summed E-state index contributed by atoms with van der Waals surface area (Å²) in [5.41, 5.74) is 1.43. The van der Waals surface area contributed by atoms with Gasteiger partial charge in [-0.25, -0.2) is 22.8 Å². The zero-order valence-corrected chi connectivity index (χ0v) is 23.6. The van der Waals surface area contributed by atoms with E-state index in [1.165, 1.54) is 12.3 Å². The first-order valence-corrected chi connectivity index (χ1v) is 14.4. The molecule has 3 N–H and O–H groups in total. The van der Waals surface area contributed by atoms with E-state index >= 15 is 0 Å². The molecule has 0 fully saturated rings. The Hall–Kier alpha value is -3.51. The minimum Gasteiger partial charge on any atom is -0.389 e. The van der Waals surface area contributed by atoms with Crippen LogP contribution in [0.1, 0.15) is 44.6 Å². The molecule has 2 aromatic carbocycles. The van der Waals surface area contributed by atoms with Crippen molar-refractivity contribution in [2.75, 3.05) is 17.7 Å². The van der Waals surface area contributed by atoms with Gasteiger partial charge in [-0.15, -0.1) is 0 Å². The van der Waals surface area contributed by atoms with E-state index in [1.54, 1.807) is 39.2 Å². The van der Waals surface area contributed by atoms with Crippen molar-refractivity contribution in [1.29, 1.82) is 0 Å². The summed E-state index contributed by atoms with van der Waals surface area (Å²) in [6, 6.07) is 8.20. The number of carbonyl (C=O) groups excluding carboxylic acids is 1. The summed E-state index contributed by atoms with van der Waals surface area (Å²) in [6.45, 7) is 4.11. The summed E-state index contributed by atoms with van der Waals surface area (Å²) in [4.78, 5) is 24.2. The van der Waals surface area contributed by atoms with Crippen molar-refractivity contribution in [3.05, 3.63) is 77.2 Å². The van der Waals surface area contributed by atoms with Gasteiger partial charge in [-0.1, -0.05) is 17.7 Å². The molecule has 0 spiro atoms. The zero-order valence-electron chi connectivity index (χ0n) is 22.0. The first-order valence-electron chi connectivity index (χ1n) is 12.3. The Labute approximate surface area is 236 Å². The molecule has 0 radical (unpaired) electrons. The summed E-state index contributed by atoms with van der Waals surface area (Å²) >= 11 is 6.51. The van der Waals surface area contributed by atoms with Crippen molar-refractivity contribution in [3.63, 3.8) is 0 Å². The number of aliphatic hydroxyl groups excluding tert-OH is 1. The predicted molar refractivity (Wildman–Crippen MR) is 150 cm³/mol. The number of sulfone groups is 1. The maximum absolute atomic E-state index is 14.9. The van der Waals surface area contributed by atoms with E-state index in [0.29, 0.717) is 22.2 Å². The molecule has 0 aliphatic rings. The number of nitrogens with zero attached hydrogens (tertiary/aromatic N) is 3. The van der Waals surface area contributed by atoms with Gasteiger partial charge in [0.1, 0.15) is 18.0 Å². The number of fused-ring (bicyclic) bond motifs is 1. The molecule has 0 saturated heterocycles. The van der Waals surface area contributed by atoms with Crippen LogP contribution in [0.4, 0.5) is 10.1 Å². The van der Waals surface area contributed by atoms with Crippen LogP contribution >= 0.6 is 11.6 Å². The maximum atomic E-state index is 14.9. The molecule has 0 aliphatic heterocycles. The van der Waals surface area contributed by atoms with Gasteiger partial charge in [0, 0.05) is 41.5 Å². The highest BCUT2D eigenvalue weighted by Gasteiger charge is 2.22. The van der Waals surface area contributed by atoms with E-state index in [9.17, 15) is 22.7 Å². The average Bonchev–Trinajstić information content (AvgIpc) is 2.92. The van der Waals surface area contributed by atoms with Crippen molar-refractivity contribution < 1.29 is 27.8 Å². The SMILES string of the molecule is C[C@@H](Nc1c(Cl)cnc2ccc(-c3cnc(C(C)(C)O)nc3)cc12)c1cc(S(=O)(=O)CCC(=O)CO)ccc1F. The van der Waals surface area contributed by atoms with Crippen LogP contribution in [-0.2, 0) is 20.2 Å². The molecule has 0 amide bonds. The second kappa shape index (κ2) is 11.5. The average molecular weight is 587 g/mol. The number of aromatic nitrogens is 3. The molecule has 4 rings (SSSR count).